The molecule has 0 atom stereocenters. The van der Waals surface area contributed by atoms with Crippen molar-refractivity contribution < 1.29 is 0 Å². The molecule has 0 fully saturated rings. The lowest BCUT2D eigenvalue weighted by Gasteiger charge is -2.24. The zero-order valence-electron chi connectivity index (χ0n) is 9.56. The van der Waals surface area contributed by atoms with Gasteiger partial charge in [-0.3, -0.25) is 0 Å². The Hall–Kier alpha value is -1.49. The maximum absolute atomic E-state index is 4.31. The molecule has 0 aliphatic rings. The van der Waals surface area contributed by atoms with Crippen molar-refractivity contribution in [2.24, 2.45) is 0 Å². The smallest absolute Gasteiger partial charge is 0.149 e. The molecule has 0 bridgehead atoms. The van der Waals surface area contributed by atoms with E-state index in [1.807, 2.05) is 24.6 Å². The highest BCUT2D eigenvalue weighted by Crippen LogP contribution is 2.26. The Kier molecular flexibility index (Phi) is 2.87. The second kappa shape index (κ2) is 4.17. The van der Waals surface area contributed by atoms with E-state index >= 15 is 0 Å². The minimum Gasteiger partial charge on any atom is -0.357 e. The fraction of sp³-hybridized carbons (Fsp3) is 0.364. The van der Waals surface area contributed by atoms with Crippen LogP contribution in [0.1, 0.15) is 24.4 Å². The number of nitrogens with one attached hydrogen (secondary N) is 1. The highest BCUT2D eigenvalue weighted by Gasteiger charge is 2.23. The molecule has 2 heterocycles. The fourth-order valence-electron chi connectivity index (χ4n) is 1.43. The molecule has 2 rings (SSSR count). The number of nitrogens with zero attached hydrogens (tertiary/aromatic N) is 3. The van der Waals surface area contributed by atoms with Crippen LogP contribution < -0.4 is 5.32 Å². The first-order chi connectivity index (χ1) is 7.58. The largest absolute Gasteiger partial charge is 0.357 e. The van der Waals surface area contributed by atoms with Gasteiger partial charge in [-0.2, -0.15) is 5.10 Å². The molecule has 0 unspecified atom stereocenters. The number of aryl methyl sites for hydroxylation is 1. The molecule has 2 aromatic rings. The summed E-state index contributed by atoms with van der Waals surface area (Å²) in [6.45, 7) is 6.15. The van der Waals surface area contributed by atoms with E-state index in [2.05, 4.69) is 34.3 Å². The number of hydrogen-bond donors (Lipinski definition) is 1. The van der Waals surface area contributed by atoms with E-state index in [-0.39, 0.29) is 5.54 Å². The Bertz CT molecular complexity index is 465. The van der Waals surface area contributed by atoms with Gasteiger partial charge in [0.2, 0.25) is 0 Å². The van der Waals surface area contributed by atoms with Crippen LogP contribution in [0.15, 0.2) is 23.8 Å². The first-order valence-electron chi connectivity index (χ1n) is 5.05. The predicted molar refractivity (Wildman–Crippen MR) is 65.5 cm³/mol. The topological polar surface area (TPSA) is 50.7 Å². The van der Waals surface area contributed by atoms with Crippen molar-refractivity contribution in [2.45, 2.75) is 26.3 Å². The highest BCUT2D eigenvalue weighted by atomic mass is 32.1. The second-order valence-corrected chi connectivity index (χ2v) is 5.10. The zero-order valence-corrected chi connectivity index (χ0v) is 10.4. The van der Waals surface area contributed by atoms with E-state index < -0.39 is 0 Å². The van der Waals surface area contributed by atoms with Gasteiger partial charge in [0.25, 0.3) is 0 Å². The van der Waals surface area contributed by atoms with Gasteiger partial charge in [0.1, 0.15) is 10.8 Å². The monoisotopic (exact) mass is 234 g/mol. The van der Waals surface area contributed by atoms with Crippen molar-refractivity contribution in [2.75, 3.05) is 5.32 Å². The van der Waals surface area contributed by atoms with Gasteiger partial charge in [-0.15, -0.1) is 16.4 Å². The molecule has 0 aromatic carbocycles. The zero-order chi connectivity index (χ0) is 11.6. The fourth-order valence-corrected chi connectivity index (χ4v) is 2.15. The van der Waals surface area contributed by atoms with Crippen molar-refractivity contribution in [1.29, 1.82) is 0 Å². The summed E-state index contributed by atoms with van der Waals surface area (Å²) < 4.78 is 0. The Balaban J connectivity index is 2.21. The molecule has 0 aliphatic carbocycles. The lowest BCUT2D eigenvalue weighted by atomic mass is 10.1. The molecule has 0 saturated heterocycles. The molecule has 5 heteroatoms. The maximum Gasteiger partial charge on any atom is 0.149 e. The summed E-state index contributed by atoms with van der Waals surface area (Å²) in [5.41, 5.74) is 0.865. The van der Waals surface area contributed by atoms with Crippen molar-refractivity contribution in [3.63, 3.8) is 0 Å². The molecule has 0 aliphatic heterocycles. The van der Waals surface area contributed by atoms with Crippen LogP contribution in [0.4, 0.5) is 5.82 Å². The van der Waals surface area contributed by atoms with Gasteiger partial charge in [0.15, 0.2) is 0 Å². The summed E-state index contributed by atoms with van der Waals surface area (Å²) >= 11 is 1.63. The number of anilines is 1. The Morgan fingerprint density at radius 1 is 1.38 bits per heavy atom. The lowest BCUT2D eigenvalue weighted by Crippen LogP contribution is -2.28. The molecule has 16 heavy (non-hydrogen) atoms. The number of hydrogen-bond acceptors (Lipinski definition) is 5. The second-order valence-electron chi connectivity index (χ2n) is 4.21. The van der Waals surface area contributed by atoms with Crippen LogP contribution in [-0.4, -0.2) is 15.2 Å². The quantitative estimate of drug-likeness (QED) is 0.886. The van der Waals surface area contributed by atoms with Crippen LogP contribution in [0.5, 0.6) is 0 Å². The summed E-state index contributed by atoms with van der Waals surface area (Å²) in [6.07, 6.45) is 3.55. The summed E-state index contributed by atoms with van der Waals surface area (Å²) in [7, 11) is 0. The molecule has 84 valence electrons. The van der Waals surface area contributed by atoms with Crippen LogP contribution in [0.3, 0.4) is 0 Å². The van der Waals surface area contributed by atoms with Crippen LogP contribution >= 0.6 is 11.3 Å². The Morgan fingerprint density at radius 3 is 2.81 bits per heavy atom. The number of aromatic nitrogens is 3. The normalized spacial score (nSPS) is 11.4. The van der Waals surface area contributed by atoms with E-state index in [1.54, 1.807) is 17.5 Å². The Labute approximate surface area is 98.8 Å². The third-order valence-corrected chi connectivity index (χ3v) is 3.30. The van der Waals surface area contributed by atoms with E-state index in [9.17, 15) is 0 Å². The summed E-state index contributed by atoms with van der Waals surface area (Å²) in [4.78, 5) is 4.31. The number of thiazole rings is 1. The van der Waals surface area contributed by atoms with E-state index in [4.69, 9.17) is 0 Å². The predicted octanol–water partition coefficient (Wildman–Crippen LogP) is 2.59. The number of rotatable bonds is 3. The van der Waals surface area contributed by atoms with Crippen LogP contribution in [0.2, 0.25) is 0 Å². The molecule has 0 saturated carbocycles. The van der Waals surface area contributed by atoms with E-state index in [1.165, 1.54) is 0 Å². The molecule has 0 amide bonds. The van der Waals surface area contributed by atoms with Gasteiger partial charge in [0.05, 0.1) is 11.7 Å². The van der Waals surface area contributed by atoms with Gasteiger partial charge >= 0.3 is 0 Å². The van der Waals surface area contributed by atoms with Crippen molar-refractivity contribution in [3.8, 4) is 0 Å². The van der Waals surface area contributed by atoms with E-state index in [0.29, 0.717) is 0 Å². The molecule has 0 spiro atoms. The van der Waals surface area contributed by atoms with Crippen molar-refractivity contribution >= 4 is 17.2 Å². The summed E-state index contributed by atoms with van der Waals surface area (Å²) in [5.74, 6) is 0.778. The molecule has 4 nitrogen and oxygen atoms in total. The average Bonchev–Trinajstić information content (AvgIpc) is 2.69. The molecular formula is C11H14N4S. The van der Waals surface area contributed by atoms with Gasteiger partial charge in [-0.25, -0.2) is 4.98 Å². The van der Waals surface area contributed by atoms with Crippen LogP contribution in [0.25, 0.3) is 0 Å². The molecule has 0 radical (unpaired) electrons. The summed E-state index contributed by atoms with van der Waals surface area (Å²) in [6, 6.07) is 1.97. The highest BCUT2D eigenvalue weighted by molar-refractivity contribution is 7.09. The summed E-state index contributed by atoms with van der Waals surface area (Å²) in [5, 5.41) is 14.3. The van der Waals surface area contributed by atoms with Crippen molar-refractivity contribution in [1.82, 2.24) is 15.2 Å². The maximum atomic E-state index is 4.31. The first kappa shape index (κ1) is 11.0. The van der Waals surface area contributed by atoms with Crippen LogP contribution in [0, 0.1) is 6.92 Å². The molecule has 1 N–H and O–H groups in total. The SMILES string of the molecule is Cc1cnnc(NC(C)(C)c2nccs2)c1. The van der Waals surface area contributed by atoms with Gasteiger partial charge in [0, 0.05) is 11.6 Å². The van der Waals surface area contributed by atoms with Gasteiger partial charge in [-0.1, -0.05) is 0 Å². The lowest BCUT2D eigenvalue weighted by molar-refractivity contribution is 0.599. The third-order valence-electron chi connectivity index (χ3n) is 2.20. The Morgan fingerprint density at radius 2 is 2.19 bits per heavy atom. The van der Waals surface area contributed by atoms with Crippen molar-refractivity contribution in [3.05, 3.63) is 34.4 Å². The van der Waals surface area contributed by atoms with Crippen LogP contribution in [-0.2, 0) is 5.54 Å². The van der Waals surface area contributed by atoms with E-state index in [0.717, 1.165) is 16.4 Å². The average molecular weight is 234 g/mol. The molecule has 2 aromatic heterocycles. The standard InChI is InChI=1S/C11H14N4S/c1-8-6-9(15-13-7-8)14-11(2,3)10-12-4-5-16-10/h4-7H,1-3H3,(H,14,15). The minimum atomic E-state index is -0.226. The van der Waals surface area contributed by atoms with Gasteiger partial charge in [-0.05, 0) is 32.4 Å². The third kappa shape index (κ3) is 2.36. The molecular weight excluding hydrogens is 220 g/mol. The van der Waals surface area contributed by atoms with Gasteiger partial charge < -0.3 is 5.32 Å². The first-order valence-corrected chi connectivity index (χ1v) is 5.93. The minimum absolute atomic E-state index is 0.226.